The Hall–Kier alpha value is -1.59. The summed E-state index contributed by atoms with van der Waals surface area (Å²) >= 11 is 0. The van der Waals surface area contributed by atoms with Gasteiger partial charge in [-0.2, -0.15) is 0 Å². The molecule has 0 amide bonds. The zero-order chi connectivity index (χ0) is 13.8. The first kappa shape index (κ1) is 13.8. The third-order valence-corrected chi connectivity index (χ3v) is 4.15. The largest absolute Gasteiger partial charge is 0.326 e. The van der Waals surface area contributed by atoms with Crippen LogP contribution in [0.4, 0.5) is 8.78 Å². The molecule has 0 bridgehead atoms. The maximum Gasteiger partial charge on any atom is 0.139 e. The Kier molecular flexibility index (Phi) is 4.39. The van der Waals surface area contributed by atoms with Crippen LogP contribution in [-0.4, -0.2) is 4.21 Å². The molecular formula is C14H13F2NOS. The highest BCUT2D eigenvalue weighted by Crippen LogP contribution is 2.18. The second kappa shape index (κ2) is 6.04. The Morgan fingerprint density at radius 2 is 1.79 bits per heavy atom. The standard InChI is InChI=1S/C14H13F2NOS/c15-12-6-5-10(11(7-12)8-17)9-19(18)14-4-2-1-3-13(14)16/h1-7H,8-9,17H2. The molecule has 19 heavy (non-hydrogen) atoms. The van der Waals surface area contributed by atoms with Crippen molar-refractivity contribution in [1.82, 2.24) is 0 Å². The van der Waals surface area contributed by atoms with Crippen molar-refractivity contribution < 1.29 is 13.0 Å². The van der Waals surface area contributed by atoms with E-state index in [9.17, 15) is 13.0 Å². The third-order valence-electron chi connectivity index (χ3n) is 2.76. The highest BCUT2D eigenvalue weighted by Gasteiger charge is 2.12. The van der Waals surface area contributed by atoms with E-state index in [2.05, 4.69) is 0 Å². The zero-order valence-corrected chi connectivity index (χ0v) is 10.9. The smallest absolute Gasteiger partial charge is 0.139 e. The number of benzene rings is 2. The van der Waals surface area contributed by atoms with E-state index in [0.717, 1.165) is 0 Å². The predicted octanol–water partition coefficient (Wildman–Crippen LogP) is 2.73. The molecule has 1 unspecified atom stereocenters. The molecule has 0 spiro atoms. The quantitative estimate of drug-likeness (QED) is 0.936. The Morgan fingerprint density at radius 1 is 1.05 bits per heavy atom. The van der Waals surface area contributed by atoms with E-state index in [-0.39, 0.29) is 23.0 Å². The van der Waals surface area contributed by atoms with Crippen LogP contribution >= 0.6 is 0 Å². The molecule has 0 aliphatic heterocycles. The second-order valence-corrected chi connectivity index (χ2v) is 5.46. The van der Waals surface area contributed by atoms with Crippen LogP contribution in [-0.2, 0) is 23.1 Å². The molecule has 0 saturated heterocycles. The van der Waals surface area contributed by atoms with Crippen LogP contribution in [0.2, 0.25) is 0 Å². The first-order valence-electron chi connectivity index (χ1n) is 5.72. The third kappa shape index (κ3) is 3.24. The maximum absolute atomic E-state index is 13.5. The number of halogens is 2. The molecule has 2 N–H and O–H groups in total. The van der Waals surface area contributed by atoms with Gasteiger partial charge in [0, 0.05) is 6.54 Å². The fourth-order valence-corrected chi connectivity index (χ4v) is 3.01. The fourth-order valence-electron chi connectivity index (χ4n) is 1.77. The monoisotopic (exact) mass is 281 g/mol. The molecule has 2 aromatic rings. The lowest BCUT2D eigenvalue weighted by Gasteiger charge is -2.08. The van der Waals surface area contributed by atoms with Gasteiger partial charge in [0.05, 0.1) is 21.4 Å². The molecule has 0 saturated carbocycles. The van der Waals surface area contributed by atoms with E-state index >= 15 is 0 Å². The average Bonchev–Trinajstić information content (AvgIpc) is 2.41. The molecule has 0 fully saturated rings. The van der Waals surface area contributed by atoms with Crippen LogP contribution < -0.4 is 5.73 Å². The Morgan fingerprint density at radius 3 is 2.47 bits per heavy atom. The van der Waals surface area contributed by atoms with Gasteiger partial charge in [-0.15, -0.1) is 0 Å². The van der Waals surface area contributed by atoms with Crippen molar-refractivity contribution in [2.24, 2.45) is 5.73 Å². The lowest BCUT2D eigenvalue weighted by atomic mass is 10.1. The van der Waals surface area contributed by atoms with Gasteiger partial charge in [0.2, 0.25) is 0 Å². The molecule has 0 aliphatic rings. The van der Waals surface area contributed by atoms with Crippen LogP contribution in [0.25, 0.3) is 0 Å². The van der Waals surface area contributed by atoms with Crippen molar-refractivity contribution in [3.8, 4) is 0 Å². The van der Waals surface area contributed by atoms with Gasteiger partial charge in [-0.1, -0.05) is 18.2 Å². The summed E-state index contributed by atoms with van der Waals surface area (Å²) < 4.78 is 38.7. The zero-order valence-electron chi connectivity index (χ0n) is 10.1. The fraction of sp³-hybridized carbons (Fsp3) is 0.143. The summed E-state index contributed by atoms with van der Waals surface area (Å²) in [4.78, 5) is 0.148. The summed E-state index contributed by atoms with van der Waals surface area (Å²) in [5.41, 5.74) is 6.78. The van der Waals surface area contributed by atoms with E-state index in [1.165, 1.54) is 30.3 Å². The number of hydrogen-bond acceptors (Lipinski definition) is 2. The minimum absolute atomic E-state index is 0.119. The Balaban J connectivity index is 2.27. The Labute approximate surface area is 112 Å². The molecule has 2 aromatic carbocycles. The van der Waals surface area contributed by atoms with Crippen molar-refractivity contribution in [2.45, 2.75) is 17.2 Å². The number of nitrogens with two attached hydrogens (primary N) is 1. The summed E-state index contributed by atoms with van der Waals surface area (Å²) in [7, 11) is -1.52. The van der Waals surface area contributed by atoms with Gasteiger partial charge in [-0.25, -0.2) is 8.78 Å². The summed E-state index contributed by atoms with van der Waals surface area (Å²) in [5.74, 6) is -0.772. The van der Waals surface area contributed by atoms with E-state index in [4.69, 9.17) is 5.73 Å². The molecule has 0 radical (unpaired) electrons. The molecule has 5 heteroatoms. The van der Waals surface area contributed by atoms with Crippen LogP contribution in [0.5, 0.6) is 0 Å². The lowest BCUT2D eigenvalue weighted by molar-refractivity contribution is 0.595. The minimum Gasteiger partial charge on any atom is -0.326 e. The summed E-state index contributed by atoms with van der Waals surface area (Å²) in [6, 6.07) is 10.1. The Bertz CT molecular complexity index is 616. The van der Waals surface area contributed by atoms with Gasteiger partial charge >= 0.3 is 0 Å². The van der Waals surface area contributed by atoms with Gasteiger partial charge in [-0.05, 0) is 35.4 Å². The summed E-state index contributed by atoms with van der Waals surface area (Å²) in [5, 5.41) is 0. The maximum atomic E-state index is 13.5. The van der Waals surface area contributed by atoms with Crippen LogP contribution in [0.15, 0.2) is 47.4 Å². The highest BCUT2D eigenvalue weighted by molar-refractivity contribution is 7.84. The number of rotatable bonds is 4. The van der Waals surface area contributed by atoms with Crippen LogP contribution in [0.3, 0.4) is 0 Å². The van der Waals surface area contributed by atoms with Gasteiger partial charge in [0.25, 0.3) is 0 Å². The first-order valence-corrected chi connectivity index (χ1v) is 7.04. The second-order valence-electron chi connectivity index (χ2n) is 4.04. The van der Waals surface area contributed by atoms with E-state index in [0.29, 0.717) is 11.1 Å². The van der Waals surface area contributed by atoms with E-state index in [1.807, 2.05) is 0 Å². The molecule has 2 nitrogen and oxygen atoms in total. The van der Waals surface area contributed by atoms with Gasteiger partial charge in [0.1, 0.15) is 11.6 Å². The van der Waals surface area contributed by atoms with Crippen molar-refractivity contribution in [3.05, 3.63) is 65.2 Å². The van der Waals surface area contributed by atoms with Crippen molar-refractivity contribution in [1.29, 1.82) is 0 Å². The first-order chi connectivity index (χ1) is 9.11. The summed E-state index contributed by atoms with van der Waals surface area (Å²) in [6.07, 6.45) is 0. The van der Waals surface area contributed by atoms with Crippen LogP contribution in [0, 0.1) is 11.6 Å². The molecule has 0 aliphatic carbocycles. The predicted molar refractivity (Wildman–Crippen MR) is 70.8 cm³/mol. The van der Waals surface area contributed by atoms with Crippen molar-refractivity contribution in [3.63, 3.8) is 0 Å². The molecule has 2 rings (SSSR count). The molecule has 0 aromatic heterocycles. The van der Waals surface area contributed by atoms with Gasteiger partial charge in [-0.3, -0.25) is 4.21 Å². The molecule has 0 heterocycles. The van der Waals surface area contributed by atoms with Gasteiger partial charge < -0.3 is 5.73 Å². The van der Waals surface area contributed by atoms with Crippen molar-refractivity contribution in [2.75, 3.05) is 0 Å². The molecule has 100 valence electrons. The van der Waals surface area contributed by atoms with Crippen LogP contribution in [0.1, 0.15) is 11.1 Å². The minimum atomic E-state index is -1.52. The average molecular weight is 281 g/mol. The summed E-state index contributed by atoms with van der Waals surface area (Å²) in [6.45, 7) is 0.154. The van der Waals surface area contributed by atoms with E-state index < -0.39 is 16.6 Å². The molecular weight excluding hydrogens is 268 g/mol. The highest BCUT2D eigenvalue weighted by atomic mass is 32.2. The normalized spacial score (nSPS) is 12.4. The topological polar surface area (TPSA) is 43.1 Å². The van der Waals surface area contributed by atoms with E-state index in [1.54, 1.807) is 12.1 Å². The van der Waals surface area contributed by atoms with Crippen molar-refractivity contribution >= 4 is 10.8 Å². The lowest BCUT2D eigenvalue weighted by Crippen LogP contribution is -2.06. The number of hydrogen-bond donors (Lipinski definition) is 1. The SMILES string of the molecule is NCc1cc(F)ccc1CS(=O)c1ccccc1F. The molecule has 1 atom stereocenters. The van der Waals surface area contributed by atoms with Gasteiger partial charge in [0.15, 0.2) is 0 Å².